The highest BCUT2D eigenvalue weighted by Gasteiger charge is 2.24. The first-order valence-electron chi connectivity index (χ1n) is 10.2. The van der Waals surface area contributed by atoms with Crippen molar-refractivity contribution in [2.45, 2.75) is 38.3 Å². The van der Waals surface area contributed by atoms with E-state index in [0.717, 1.165) is 36.8 Å². The summed E-state index contributed by atoms with van der Waals surface area (Å²) in [7, 11) is 0. The summed E-state index contributed by atoms with van der Waals surface area (Å²) in [5.74, 6) is 1.07. The van der Waals surface area contributed by atoms with Gasteiger partial charge in [-0.3, -0.25) is 0 Å². The second kappa shape index (κ2) is 7.27. The molecule has 4 aromatic rings. The summed E-state index contributed by atoms with van der Waals surface area (Å²) < 4.78 is 2.42. The smallest absolute Gasteiger partial charge is 0.153 e. The number of fused-ring (bicyclic) bond motifs is 2. The second-order valence-electron chi connectivity index (χ2n) is 7.91. The molecule has 3 nitrogen and oxygen atoms in total. The Morgan fingerprint density at radius 1 is 0.966 bits per heavy atom. The van der Waals surface area contributed by atoms with Crippen LogP contribution in [0.4, 0.5) is 5.82 Å². The van der Waals surface area contributed by atoms with E-state index in [0.29, 0.717) is 0 Å². The molecule has 3 heterocycles. The van der Waals surface area contributed by atoms with Crippen LogP contribution in [0.15, 0.2) is 65.7 Å². The highest BCUT2D eigenvalue weighted by Crippen LogP contribution is 2.37. The van der Waals surface area contributed by atoms with E-state index in [2.05, 4.69) is 77.9 Å². The Labute approximate surface area is 177 Å². The van der Waals surface area contributed by atoms with Gasteiger partial charge < -0.3 is 9.47 Å². The zero-order valence-electron chi connectivity index (χ0n) is 16.9. The molecule has 0 spiro atoms. The molecular weight excluding hydrogens is 374 g/mol. The van der Waals surface area contributed by atoms with E-state index in [1.165, 1.54) is 38.9 Å². The van der Waals surface area contributed by atoms with Crippen LogP contribution in [0.5, 0.6) is 0 Å². The maximum absolute atomic E-state index is 4.89. The molecule has 0 radical (unpaired) electrons. The molecule has 0 saturated heterocycles. The first-order valence-corrected chi connectivity index (χ1v) is 10.6. The highest BCUT2D eigenvalue weighted by atomic mass is 32.1. The topological polar surface area (TPSA) is 21.1 Å². The predicted octanol–water partition coefficient (Wildman–Crippen LogP) is 5.55. The zero-order valence-corrected chi connectivity index (χ0v) is 17.8. The Hall–Kier alpha value is -2.72. The van der Waals surface area contributed by atoms with Gasteiger partial charge in [0.15, 0.2) is 5.82 Å². The molecule has 2 aromatic carbocycles. The summed E-state index contributed by atoms with van der Waals surface area (Å²) in [6, 6.07) is 19.4. The van der Waals surface area contributed by atoms with Crippen LogP contribution in [-0.2, 0) is 19.5 Å². The van der Waals surface area contributed by atoms with Crippen molar-refractivity contribution in [1.82, 2.24) is 9.55 Å². The summed E-state index contributed by atoms with van der Waals surface area (Å²) in [4.78, 5) is 8.27. The van der Waals surface area contributed by atoms with Gasteiger partial charge in [-0.1, -0.05) is 54.6 Å². The lowest BCUT2D eigenvalue weighted by Crippen LogP contribution is -2.31. The molecule has 0 amide bonds. The molecule has 4 heteroatoms. The Morgan fingerprint density at radius 3 is 2.48 bits per heavy atom. The maximum Gasteiger partial charge on any atom is 0.153 e. The normalized spacial score (nSPS) is 13.7. The van der Waals surface area contributed by atoms with Gasteiger partial charge in [-0.15, -0.1) is 12.6 Å². The number of aromatic nitrogens is 2. The number of pyridine rings is 1. The average Bonchev–Trinajstić information content (AvgIpc) is 3.00. The second-order valence-corrected chi connectivity index (χ2v) is 8.39. The highest BCUT2D eigenvalue weighted by molar-refractivity contribution is 7.80. The van der Waals surface area contributed by atoms with Crippen LogP contribution in [0, 0.1) is 13.8 Å². The van der Waals surface area contributed by atoms with Crippen LogP contribution in [0.1, 0.15) is 27.9 Å². The number of thiol groups is 1. The minimum Gasteiger partial charge on any atom is -0.350 e. The Kier molecular flexibility index (Phi) is 4.59. The SMILES string of the molecule is Cc1c(C)n(Cc2ccccc2)c2c(N3CCc4ccccc4C3)ncc(S)c12. The molecule has 0 atom stereocenters. The van der Waals surface area contributed by atoms with Gasteiger partial charge in [0.1, 0.15) is 0 Å². The molecule has 0 unspecified atom stereocenters. The summed E-state index contributed by atoms with van der Waals surface area (Å²) in [5, 5.41) is 1.23. The lowest BCUT2D eigenvalue weighted by atomic mass is 10.00. The van der Waals surface area contributed by atoms with Gasteiger partial charge in [0.2, 0.25) is 0 Å². The first-order chi connectivity index (χ1) is 14.1. The molecular formula is C25H25N3S. The number of aryl methyl sites for hydroxylation is 1. The van der Waals surface area contributed by atoms with Crippen LogP contribution in [0.2, 0.25) is 0 Å². The van der Waals surface area contributed by atoms with E-state index in [9.17, 15) is 0 Å². The van der Waals surface area contributed by atoms with Gasteiger partial charge in [0, 0.05) is 41.8 Å². The molecule has 146 valence electrons. The molecule has 1 aliphatic rings. The van der Waals surface area contributed by atoms with Gasteiger partial charge in [0.25, 0.3) is 0 Å². The predicted molar refractivity (Wildman–Crippen MR) is 123 cm³/mol. The molecule has 0 aliphatic carbocycles. The number of nitrogens with zero attached hydrogens (tertiary/aromatic N) is 3. The standard InChI is InChI=1S/C25H25N3S/c1-17-18(2)28(15-19-8-4-3-5-9-19)24-23(17)22(29)14-26-25(24)27-13-12-20-10-6-7-11-21(20)16-27/h3-11,14,29H,12-13,15-16H2,1-2H3. The van der Waals surface area contributed by atoms with E-state index < -0.39 is 0 Å². The molecule has 0 saturated carbocycles. The lowest BCUT2D eigenvalue weighted by molar-refractivity contribution is 0.716. The molecule has 1 aliphatic heterocycles. The minimum atomic E-state index is 0.841. The Balaban J connectivity index is 1.67. The van der Waals surface area contributed by atoms with Crippen LogP contribution in [0.3, 0.4) is 0 Å². The number of hydrogen-bond donors (Lipinski definition) is 1. The minimum absolute atomic E-state index is 0.841. The van der Waals surface area contributed by atoms with Crippen molar-refractivity contribution in [2.24, 2.45) is 0 Å². The van der Waals surface area contributed by atoms with Gasteiger partial charge in [-0.25, -0.2) is 4.98 Å². The molecule has 29 heavy (non-hydrogen) atoms. The van der Waals surface area contributed by atoms with Crippen molar-refractivity contribution >= 4 is 29.3 Å². The third kappa shape index (κ3) is 3.12. The van der Waals surface area contributed by atoms with Crippen molar-refractivity contribution in [2.75, 3.05) is 11.4 Å². The van der Waals surface area contributed by atoms with Gasteiger partial charge >= 0.3 is 0 Å². The molecule has 5 rings (SSSR count). The van der Waals surface area contributed by atoms with Crippen LogP contribution < -0.4 is 4.90 Å². The molecule has 2 aromatic heterocycles. The van der Waals surface area contributed by atoms with E-state index in [-0.39, 0.29) is 0 Å². The maximum atomic E-state index is 4.89. The van der Waals surface area contributed by atoms with Gasteiger partial charge in [-0.2, -0.15) is 0 Å². The van der Waals surface area contributed by atoms with Gasteiger partial charge in [-0.05, 0) is 42.5 Å². The Bertz CT molecular complexity index is 1190. The quantitative estimate of drug-likeness (QED) is 0.456. The van der Waals surface area contributed by atoms with Crippen molar-refractivity contribution in [3.8, 4) is 0 Å². The summed E-state index contributed by atoms with van der Waals surface area (Å²) in [6.45, 7) is 7.14. The largest absolute Gasteiger partial charge is 0.350 e. The number of anilines is 1. The zero-order chi connectivity index (χ0) is 20.0. The summed E-state index contributed by atoms with van der Waals surface area (Å²) >= 11 is 4.77. The van der Waals surface area contributed by atoms with Crippen LogP contribution in [-0.4, -0.2) is 16.1 Å². The molecule has 0 bridgehead atoms. The first kappa shape index (κ1) is 18.3. The third-order valence-corrected chi connectivity index (χ3v) is 6.56. The fourth-order valence-corrected chi connectivity index (χ4v) is 4.86. The van der Waals surface area contributed by atoms with E-state index in [1.807, 2.05) is 6.20 Å². The lowest BCUT2D eigenvalue weighted by Gasteiger charge is -2.30. The van der Waals surface area contributed by atoms with E-state index >= 15 is 0 Å². The average molecular weight is 400 g/mol. The number of benzene rings is 2. The van der Waals surface area contributed by atoms with Crippen molar-refractivity contribution in [3.63, 3.8) is 0 Å². The summed E-state index contributed by atoms with van der Waals surface area (Å²) in [5.41, 5.74) is 7.94. The van der Waals surface area contributed by atoms with Crippen LogP contribution in [0.25, 0.3) is 10.9 Å². The molecule has 0 fully saturated rings. The monoisotopic (exact) mass is 399 g/mol. The number of hydrogen-bond acceptors (Lipinski definition) is 3. The number of rotatable bonds is 3. The van der Waals surface area contributed by atoms with Crippen LogP contribution >= 0.6 is 12.6 Å². The fourth-order valence-electron chi connectivity index (χ4n) is 4.53. The summed E-state index contributed by atoms with van der Waals surface area (Å²) in [6.07, 6.45) is 2.97. The van der Waals surface area contributed by atoms with Crippen molar-refractivity contribution in [1.29, 1.82) is 0 Å². The Morgan fingerprint density at radius 2 is 1.69 bits per heavy atom. The van der Waals surface area contributed by atoms with E-state index in [4.69, 9.17) is 17.6 Å². The van der Waals surface area contributed by atoms with Crippen molar-refractivity contribution < 1.29 is 0 Å². The third-order valence-electron chi connectivity index (χ3n) is 6.22. The van der Waals surface area contributed by atoms with Gasteiger partial charge in [0.05, 0.1) is 5.52 Å². The molecule has 0 N–H and O–H groups in total. The fraction of sp³-hybridized carbons (Fsp3) is 0.240. The van der Waals surface area contributed by atoms with Crippen molar-refractivity contribution in [3.05, 3.63) is 88.7 Å². The van der Waals surface area contributed by atoms with E-state index in [1.54, 1.807) is 0 Å².